The molecule has 2 aromatic heterocycles. The lowest BCUT2D eigenvalue weighted by molar-refractivity contribution is 0.0940. The molecule has 20 heavy (non-hydrogen) atoms. The van der Waals surface area contributed by atoms with Crippen LogP contribution in [0.5, 0.6) is 0 Å². The van der Waals surface area contributed by atoms with Gasteiger partial charge in [0.25, 0.3) is 0 Å². The van der Waals surface area contributed by atoms with Crippen molar-refractivity contribution in [3.8, 4) is 0 Å². The Morgan fingerprint density at radius 1 is 1.45 bits per heavy atom. The lowest BCUT2D eigenvalue weighted by Crippen LogP contribution is -2.15. The van der Waals surface area contributed by atoms with Crippen LogP contribution in [-0.2, 0) is 24.4 Å². The Balaban J connectivity index is 1.51. The van der Waals surface area contributed by atoms with Crippen molar-refractivity contribution >= 4 is 5.69 Å². The number of rotatable bonds is 6. The molecule has 0 aromatic carbocycles. The Morgan fingerprint density at radius 3 is 3.15 bits per heavy atom. The van der Waals surface area contributed by atoms with E-state index in [1.165, 1.54) is 12.0 Å². The van der Waals surface area contributed by atoms with E-state index in [4.69, 9.17) is 4.74 Å². The molecule has 1 fully saturated rings. The van der Waals surface area contributed by atoms with Crippen LogP contribution in [0.1, 0.15) is 25.3 Å². The zero-order valence-corrected chi connectivity index (χ0v) is 12.0. The first-order valence-corrected chi connectivity index (χ1v) is 7.36. The quantitative estimate of drug-likeness (QED) is 0.880. The van der Waals surface area contributed by atoms with Crippen LogP contribution in [-0.4, -0.2) is 27.1 Å². The summed E-state index contributed by atoms with van der Waals surface area (Å²) in [5, 5.41) is 7.79. The van der Waals surface area contributed by atoms with Gasteiger partial charge in [-0.3, -0.25) is 4.68 Å². The highest BCUT2D eigenvalue weighted by Gasteiger charge is 2.16. The molecule has 1 saturated heterocycles. The van der Waals surface area contributed by atoms with Crippen molar-refractivity contribution in [1.82, 2.24) is 14.3 Å². The van der Waals surface area contributed by atoms with E-state index in [2.05, 4.69) is 46.6 Å². The second-order valence-electron chi connectivity index (χ2n) is 5.29. The smallest absolute Gasteiger partial charge is 0.0771 e. The first kappa shape index (κ1) is 13.2. The number of aromatic nitrogens is 3. The average Bonchev–Trinajstić information content (AvgIpc) is 3.18. The van der Waals surface area contributed by atoms with Gasteiger partial charge in [-0.05, 0) is 31.4 Å². The van der Waals surface area contributed by atoms with Gasteiger partial charge in [-0.25, -0.2) is 0 Å². The Labute approximate surface area is 119 Å². The zero-order valence-electron chi connectivity index (χ0n) is 12.0. The third-order valence-electron chi connectivity index (χ3n) is 3.72. The molecular formula is C15H22N4O. The molecule has 5 heteroatoms. The van der Waals surface area contributed by atoms with Crippen LogP contribution < -0.4 is 5.32 Å². The first-order valence-electron chi connectivity index (χ1n) is 7.36. The molecule has 0 amide bonds. The van der Waals surface area contributed by atoms with E-state index in [0.717, 1.165) is 38.3 Å². The lowest BCUT2D eigenvalue weighted by Gasteiger charge is -2.08. The van der Waals surface area contributed by atoms with E-state index >= 15 is 0 Å². The number of hydrogen-bond acceptors (Lipinski definition) is 3. The Morgan fingerprint density at radius 2 is 2.40 bits per heavy atom. The minimum atomic E-state index is 0.335. The standard InChI is InChI=1S/C15H22N4O/c1-2-18-6-5-13(10-18)8-16-14-9-17-19(11-14)12-15-4-3-7-20-15/h5-6,9-11,15-16H,2-4,7-8,12H2,1H3. The van der Waals surface area contributed by atoms with Gasteiger partial charge < -0.3 is 14.6 Å². The van der Waals surface area contributed by atoms with E-state index in [1.54, 1.807) is 0 Å². The van der Waals surface area contributed by atoms with Gasteiger partial charge in [0.05, 0.1) is 24.5 Å². The van der Waals surface area contributed by atoms with E-state index < -0.39 is 0 Å². The summed E-state index contributed by atoms with van der Waals surface area (Å²) in [5.74, 6) is 0. The molecule has 0 aliphatic carbocycles. The van der Waals surface area contributed by atoms with E-state index in [-0.39, 0.29) is 0 Å². The van der Waals surface area contributed by atoms with Crippen LogP contribution in [0, 0.1) is 0 Å². The maximum atomic E-state index is 5.63. The van der Waals surface area contributed by atoms with Crippen molar-refractivity contribution in [2.45, 2.75) is 45.5 Å². The number of hydrogen-bond donors (Lipinski definition) is 1. The molecule has 1 aliphatic rings. The van der Waals surface area contributed by atoms with Crippen molar-refractivity contribution in [1.29, 1.82) is 0 Å². The summed E-state index contributed by atoms with van der Waals surface area (Å²) in [6, 6.07) is 2.15. The van der Waals surface area contributed by atoms with Crippen molar-refractivity contribution in [3.05, 3.63) is 36.4 Å². The topological polar surface area (TPSA) is 44.0 Å². The summed E-state index contributed by atoms with van der Waals surface area (Å²) in [5.41, 5.74) is 2.35. The second kappa shape index (κ2) is 6.13. The summed E-state index contributed by atoms with van der Waals surface area (Å²) in [6.07, 6.45) is 10.9. The molecule has 0 saturated carbocycles. The highest BCUT2D eigenvalue weighted by molar-refractivity contribution is 5.39. The van der Waals surface area contributed by atoms with Gasteiger partial charge in [-0.15, -0.1) is 0 Å². The third kappa shape index (κ3) is 3.22. The number of nitrogens with one attached hydrogen (secondary N) is 1. The molecule has 3 rings (SSSR count). The van der Waals surface area contributed by atoms with Crippen LogP contribution >= 0.6 is 0 Å². The van der Waals surface area contributed by atoms with Crippen LogP contribution in [0.25, 0.3) is 0 Å². The van der Waals surface area contributed by atoms with Gasteiger partial charge >= 0.3 is 0 Å². The van der Waals surface area contributed by atoms with Gasteiger partial charge in [-0.2, -0.15) is 5.10 Å². The fourth-order valence-corrected chi connectivity index (χ4v) is 2.55. The number of anilines is 1. The maximum absolute atomic E-state index is 5.63. The SMILES string of the molecule is CCn1ccc(CNc2cnn(CC3CCCO3)c2)c1. The number of ether oxygens (including phenoxy) is 1. The molecule has 1 aliphatic heterocycles. The molecule has 1 atom stereocenters. The summed E-state index contributed by atoms with van der Waals surface area (Å²) >= 11 is 0. The van der Waals surface area contributed by atoms with Crippen LogP contribution in [0.15, 0.2) is 30.9 Å². The van der Waals surface area contributed by atoms with Gasteiger partial charge in [-0.1, -0.05) is 0 Å². The molecular weight excluding hydrogens is 252 g/mol. The number of aryl methyl sites for hydroxylation is 1. The Bertz CT molecular complexity index is 540. The second-order valence-corrected chi connectivity index (χ2v) is 5.29. The van der Waals surface area contributed by atoms with E-state index in [1.807, 2.05) is 10.9 Å². The van der Waals surface area contributed by atoms with Crippen LogP contribution in [0.4, 0.5) is 5.69 Å². The molecule has 3 heterocycles. The predicted octanol–water partition coefficient (Wildman–Crippen LogP) is 2.50. The molecule has 1 N–H and O–H groups in total. The van der Waals surface area contributed by atoms with Crippen molar-refractivity contribution in [2.75, 3.05) is 11.9 Å². The normalized spacial score (nSPS) is 18.6. The van der Waals surface area contributed by atoms with Crippen LogP contribution in [0.2, 0.25) is 0 Å². The Hall–Kier alpha value is -1.75. The highest BCUT2D eigenvalue weighted by Crippen LogP contribution is 2.15. The summed E-state index contributed by atoms with van der Waals surface area (Å²) in [7, 11) is 0. The predicted molar refractivity (Wildman–Crippen MR) is 78.6 cm³/mol. The largest absolute Gasteiger partial charge is 0.378 e. The highest BCUT2D eigenvalue weighted by atomic mass is 16.5. The summed E-state index contributed by atoms with van der Waals surface area (Å²) in [6.45, 7) is 5.74. The van der Waals surface area contributed by atoms with Crippen molar-refractivity contribution in [2.24, 2.45) is 0 Å². The number of nitrogens with zero attached hydrogens (tertiary/aromatic N) is 3. The fraction of sp³-hybridized carbons (Fsp3) is 0.533. The summed E-state index contributed by atoms with van der Waals surface area (Å²) < 4.78 is 9.77. The molecule has 0 spiro atoms. The monoisotopic (exact) mass is 274 g/mol. The van der Waals surface area contributed by atoms with Crippen molar-refractivity contribution in [3.63, 3.8) is 0 Å². The van der Waals surface area contributed by atoms with Gasteiger partial charge in [0, 0.05) is 38.3 Å². The van der Waals surface area contributed by atoms with E-state index in [0.29, 0.717) is 6.10 Å². The maximum Gasteiger partial charge on any atom is 0.0771 e. The Kier molecular flexibility index (Phi) is 4.06. The van der Waals surface area contributed by atoms with Gasteiger partial charge in [0.2, 0.25) is 0 Å². The van der Waals surface area contributed by atoms with E-state index in [9.17, 15) is 0 Å². The van der Waals surface area contributed by atoms with Gasteiger partial charge in [0.1, 0.15) is 0 Å². The minimum absolute atomic E-state index is 0.335. The fourth-order valence-electron chi connectivity index (χ4n) is 2.55. The van der Waals surface area contributed by atoms with Crippen LogP contribution in [0.3, 0.4) is 0 Å². The molecule has 0 bridgehead atoms. The molecule has 108 valence electrons. The van der Waals surface area contributed by atoms with Gasteiger partial charge in [0.15, 0.2) is 0 Å². The molecule has 1 unspecified atom stereocenters. The molecule has 5 nitrogen and oxygen atoms in total. The minimum Gasteiger partial charge on any atom is -0.378 e. The third-order valence-corrected chi connectivity index (χ3v) is 3.72. The average molecular weight is 274 g/mol. The summed E-state index contributed by atoms with van der Waals surface area (Å²) in [4.78, 5) is 0. The lowest BCUT2D eigenvalue weighted by atomic mass is 10.2. The zero-order chi connectivity index (χ0) is 13.8. The first-order chi connectivity index (χ1) is 9.83. The molecule has 2 aromatic rings. The molecule has 0 radical (unpaired) electrons. The van der Waals surface area contributed by atoms with Crippen molar-refractivity contribution < 1.29 is 4.74 Å².